The molecule has 5 heteroatoms. The SMILES string of the molecule is CC(C)(CCCl)CNc1nc(C(C)(C)C)ns1. The van der Waals surface area contributed by atoms with Crippen molar-refractivity contribution in [3.8, 4) is 0 Å². The zero-order valence-electron chi connectivity index (χ0n) is 11.3. The number of hydrogen-bond donors (Lipinski definition) is 1. The molecule has 0 saturated heterocycles. The van der Waals surface area contributed by atoms with Gasteiger partial charge in [0, 0.05) is 29.4 Å². The summed E-state index contributed by atoms with van der Waals surface area (Å²) in [6.07, 6.45) is 0.993. The van der Waals surface area contributed by atoms with E-state index in [-0.39, 0.29) is 10.8 Å². The second-order valence-corrected chi connectivity index (χ2v) is 7.26. The Kier molecular flexibility index (Phi) is 4.78. The highest BCUT2D eigenvalue weighted by atomic mass is 35.5. The molecule has 17 heavy (non-hydrogen) atoms. The van der Waals surface area contributed by atoms with Crippen molar-refractivity contribution in [2.24, 2.45) is 5.41 Å². The zero-order valence-corrected chi connectivity index (χ0v) is 12.9. The quantitative estimate of drug-likeness (QED) is 0.828. The fourth-order valence-electron chi connectivity index (χ4n) is 1.26. The summed E-state index contributed by atoms with van der Waals surface area (Å²) in [6, 6.07) is 0. The average molecular weight is 276 g/mol. The number of aromatic nitrogens is 2. The highest BCUT2D eigenvalue weighted by Crippen LogP contribution is 2.25. The van der Waals surface area contributed by atoms with Gasteiger partial charge in [-0.15, -0.1) is 11.6 Å². The summed E-state index contributed by atoms with van der Waals surface area (Å²) in [5.74, 6) is 1.60. The summed E-state index contributed by atoms with van der Waals surface area (Å²) < 4.78 is 4.38. The van der Waals surface area contributed by atoms with Crippen LogP contribution >= 0.6 is 23.1 Å². The molecule has 0 aliphatic carbocycles. The van der Waals surface area contributed by atoms with Gasteiger partial charge in [0.05, 0.1) is 0 Å². The van der Waals surface area contributed by atoms with Crippen LogP contribution in [0.25, 0.3) is 0 Å². The molecule has 1 N–H and O–H groups in total. The van der Waals surface area contributed by atoms with E-state index in [1.54, 1.807) is 0 Å². The topological polar surface area (TPSA) is 37.8 Å². The van der Waals surface area contributed by atoms with Crippen molar-refractivity contribution >= 4 is 28.3 Å². The number of halogens is 1. The monoisotopic (exact) mass is 275 g/mol. The lowest BCUT2D eigenvalue weighted by Crippen LogP contribution is -2.23. The first-order valence-electron chi connectivity index (χ1n) is 5.89. The minimum absolute atomic E-state index is 0.0160. The van der Waals surface area contributed by atoms with E-state index in [0.717, 1.165) is 23.9 Å². The molecule has 0 aromatic carbocycles. The molecule has 1 aromatic rings. The fraction of sp³-hybridized carbons (Fsp3) is 0.833. The third-order valence-corrected chi connectivity index (χ3v) is 3.45. The van der Waals surface area contributed by atoms with Crippen molar-refractivity contribution in [3.05, 3.63) is 5.82 Å². The van der Waals surface area contributed by atoms with Crippen LogP contribution in [0.15, 0.2) is 0 Å². The molecule has 1 aromatic heterocycles. The molecule has 0 unspecified atom stereocenters. The van der Waals surface area contributed by atoms with Crippen LogP contribution < -0.4 is 5.32 Å². The van der Waals surface area contributed by atoms with Crippen LogP contribution in [-0.4, -0.2) is 21.8 Å². The third-order valence-electron chi connectivity index (χ3n) is 2.59. The van der Waals surface area contributed by atoms with Crippen molar-refractivity contribution < 1.29 is 0 Å². The van der Waals surface area contributed by atoms with E-state index in [2.05, 4.69) is 49.3 Å². The molecular weight excluding hydrogens is 254 g/mol. The summed E-state index contributed by atoms with van der Waals surface area (Å²) in [7, 11) is 0. The molecule has 0 saturated carbocycles. The van der Waals surface area contributed by atoms with Gasteiger partial charge in [0.15, 0.2) is 0 Å². The van der Waals surface area contributed by atoms with Crippen LogP contribution in [0, 0.1) is 5.41 Å². The number of nitrogens with zero attached hydrogens (tertiary/aromatic N) is 2. The summed E-state index contributed by atoms with van der Waals surface area (Å²) >= 11 is 7.21. The largest absolute Gasteiger partial charge is 0.360 e. The summed E-state index contributed by atoms with van der Waals surface area (Å²) in [5.41, 5.74) is 0.206. The Balaban J connectivity index is 2.56. The van der Waals surface area contributed by atoms with Crippen LogP contribution in [0.4, 0.5) is 5.13 Å². The molecule has 98 valence electrons. The first-order chi connectivity index (χ1) is 7.74. The van der Waals surface area contributed by atoms with E-state index >= 15 is 0 Å². The average Bonchev–Trinajstić information content (AvgIpc) is 2.62. The van der Waals surface area contributed by atoms with Gasteiger partial charge in [0.1, 0.15) is 5.82 Å². The lowest BCUT2D eigenvalue weighted by atomic mass is 9.90. The zero-order chi connectivity index (χ0) is 13.1. The predicted octanol–water partition coefficient (Wildman–Crippen LogP) is 3.90. The van der Waals surface area contributed by atoms with Crippen LogP contribution in [0.5, 0.6) is 0 Å². The van der Waals surface area contributed by atoms with Gasteiger partial charge >= 0.3 is 0 Å². The van der Waals surface area contributed by atoms with E-state index in [9.17, 15) is 0 Å². The van der Waals surface area contributed by atoms with E-state index in [1.807, 2.05) is 0 Å². The van der Waals surface area contributed by atoms with Gasteiger partial charge in [-0.3, -0.25) is 0 Å². The molecule has 0 aliphatic rings. The molecule has 3 nitrogen and oxygen atoms in total. The molecule has 0 bridgehead atoms. The van der Waals surface area contributed by atoms with Crippen LogP contribution in [0.1, 0.15) is 46.9 Å². The summed E-state index contributed by atoms with van der Waals surface area (Å²) in [4.78, 5) is 4.51. The van der Waals surface area contributed by atoms with Crippen molar-refractivity contribution in [1.29, 1.82) is 0 Å². The van der Waals surface area contributed by atoms with Gasteiger partial charge in [0.2, 0.25) is 5.13 Å². The number of nitrogens with one attached hydrogen (secondary N) is 1. The Labute approximate surface area is 113 Å². The number of rotatable bonds is 5. The van der Waals surface area contributed by atoms with E-state index in [1.165, 1.54) is 11.5 Å². The normalized spacial score (nSPS) is 12.8. The third kappa shape index (κ3) is 4.80. The Bertz CT molecular complexity index is 355. The minimum atomic E-state index is 0.0160. The smallest absolute Gasteiger partial charge is 0.202 e. The van der Waals surface area contributed by atoms with Crippen molar-refractivity contribution in [1.82, 2.24) is 9.36 Å². The summed E-state index contributed by atoms with van der Waals surface area (Å²) in [6.45, 7) is 11.6. The standard InChI is InChI=1S/C12H22ClN3S/c1-11(2,3)9-15-10(17-16-9)14-8-12(4,5)6-7-13/h6-8H2,1-5H3,(H,14,15,16). The maximum atomic E-state index is 5.78. The van der Waals surface area contributed by atoms with Gasteiger partial charge < -0.3 is 5.32 Å². The second kappa shape index (κ2) is 5.53. The molecule has 0 spiro atoms. The maximum Gasteiger partial charge on any atom is 0.202 e. The van der Waals surface area contributed by atoms with Crippen LogP contribution in [0.3, 0.4) is 0 Å². The highest BCUT2D eigenvalue weighted by Gasteiger charge is 2.21. The fourth-order valence-corrected chi connectivity index (χ4v) is 2.52. The Hall–Kier alpha value is -0.350. The maximum absolute atomic E-state index is 5.78. The first kappa shape index (κ1) is 14.7. The van der Waals surface area contributed by atoms with Gasteiger partial charge in [0.25, 0.3) is 0 Å². The highest BCUT2D eigenvalue weighted by molar-refractivity contribution is 7.09. The molecule has 0 amide bonds. The Morgan fingerprint density at radius 2 is 1.88 bits per heavy atom. The molecule has 0 radical (unpaired) electrons. The van der Waals surface area contributed by atoms with Gasteiger partial charge in [-0.2, -0.15) is 4.37 Å². The minimum Gasteiger partial charge on any atom is -0.360 e. The molecule has 1 heterocycles. The van der Waals surface area contributed by atoms with Gasteiger partial charge in [-0.25, -0.2) is 4.98 Å². The van der Waals surface area contributed by atoms with E-state index < -0.39 is 0 Å². The lowest BCUT2D eigenvalue weighted by molar-refractivity contribution is 0.379. The van der Waals surface area contributed by atoms with E-state index in [4.69, 9.17) is 11.6 Å². The van der Waals surface area contributed by atoms with Crippen molar-refractivity contribution in [2.45, 2.75) is 46.5 Å². The number of alkyl halides is 1. The molecule has 0 atom stereocenters. The molecule has 0 aliphatic heterocycles. The molecule has 0 fully saturated rings. The predicted molar refractivity (Wildman–Crippen MR) is 76.2 cm³/mol. The second-order valence-electron chi connectivity index (χ2n) is 6.13. The number of hydrogen-bond acceptors (Lipinski definition) is 4. The van der Waals surface area contributed by atoms with Gasteiger partial charge in [-0.05, 0) is 11.8 Å². The molecular formula is C12H22ClN3S. The Morgan fingerprint density at radius 3 is 2.35 bits per heavy atom. The molecule has 1 rings (SSSR count). The van der Waals surface area contributed by atoms with Crippen LogP contribution in [-0.2, 0) is 5.41 Å². The number of anilines is 1. The van der Waals surface area contributed by atoms with Crippen molar-refractivity contribution in [3.63, 3.8) is 0 Å². The Morgan fingerprint density at radius 1 is 1.24 bits per heavy atom. The van der Waals surface area contributed by atoms with Crippen molar-refractivity contribution in [2.75, 3.05) is 17.7 Å². The summed E-state index contributed by atoms with van der Waals surface area (Å²) in [5, 5.41) is 4.25. The van der Waals surface area contributed by atoms with E-state index in [0.29, 0.717) is 5.88 Å². The lowest BCUT2D eigenvalue weighted by Gasteiger charge is -2.23. The van der Waals surface area contributed by atoms with Gasteiger partial charge in [-0.1, -0.05) is 34.6 Å². The van der Waals surface area contributed by atoms with Crippen LogP contribution in [0.2, 0.25) is 0 Å². The first-order valence-corrected chi connectivity index (χ1v) is 7.19.